The summed E-state index contributed by atoms with van der Waals surface area (Å²) in [6, 6.07) is 19.3. The van der Waals surface area contributed by atoms with Crippen molar-refractivity contribution in [1.82, 2.24) is 5.32 Å². The van der Waals surface area contributed by atoms with Gasteiger partial charge in [0.15, 0.2) is 0 Å². The van der Waals surface area contributed by atoms with Crippen LogP contribution in [-0.2, 0) is 0 Å². The van der Waals surface area contributed by atoms with Crippen molar-refractivity contribution in [3.05, 3.63) is 70.7 Å². The van der Waals surface area contributed by atoms with E-state index in [9.17, 15) is 0 Å². The summed E-state index contributed by atoms with van der Waals surface area (Å²) in [5, 5.41) is 4.51. The zero-order valence-corrected chi connectivity index (χ0v) is 13.6. The first-order chi connectivity index (χ1) is 10.3. The van der Waals surface area contributed by atoms with E-state index in [0.29, 0.717) is 12.0 Å². The van der Waals surface area contributed by atoms with Crippen LogP contribution in [0, 0.1) is 0 Å². The van der Waals surface area contributed by atoms with E-state index in [1.54, 1.807) is 0 Å². The molecule has 0 bridgehead atoms. The summed E-state index contributed by atoms with van der Waals surface area (Å²) in [5.41, 5.74) is 2.65. The molecule has 2 atom stereocenters. The summed E-state index contributed by atoms with van der Waals surface area (Å²) in [6.45, 7) is 5.47. The van der Waals surface area contributed by atoms with Crippen LogP contribution in [0.2, 0.25) is 5.02 Å². The molecule has 0 heterocycles. The van der Waals surface area contributed by atoms with Crippen LogP contribution in [0.1, 0.15) is 49.8 Å². The fourth-order valence-electron chi connectivity index (χ4n) is 2.86. The van der Waals surface area contributed by atoms with Gasteiger partial charge in [-0.3, -0.25) is 0 Å². The van der Waals surface area contributed by atoms with E-state index in [4.69, 9.17) is 11.6 Å². The first-order valence-corrected chi connectivity index (χ1v) is 8.17. The van der Waals surface area contributed by atoms with Gasteiger partial charge in [-0.1, -0.05) is 67.9 Å². The SMILES string of the molecule is CCCNC(c1cccc(Cl)c1)C(CC)c1ccccc1. The van der Waals surface area contributed by atoms with Crippen molar-refractivity contribution in [3.63, 3.8) is 0 Å². The van der Waals surface area contributed by atoms with E-state index in [0.717, 1.165) is 24.4 Å². The van der Waals surface area contributed by atoms with Gasteiger partial charge in [-0.2, -0.15) is 0 Å². The normalized spacial score (nSPS) is 13.9. The van der Waals surface area contributed by atoms with Crippen LogP contribution in [0.3, 0.4) is 0 Å². The molecule has 2 aromatic carbocycles. The van der Waals surface area contributed by atoms with Gasteiger partial charge in [0.05, 0.1) is 0 Å². The Bertz CT molecular complexity index is 538. The van der Waals surface area contributed by atoms with Crippen LogP contribution in [0.15, 0.2) is 54.6 Å². The third-order valence-corrected chi connectivity index (χ3v) is 4.13. The lowest BCUT2D eigenvalue weighted by Gasteiger charge is -2.28. The van der Waals surface area contributed by atoms with Gasteiger partial charge < -0.3 is 5.32 Å². The number of halogens is 1. The van der Waals surface area contributed by atoms with Crippen LogP contribution >= 0.6 is 11.6 Å². The number of nitrogens with one attached hydrogen (secondary N) is 1. The second-order valence-electron chi connectivity index (χ2n) is 5.41. The first kappa shape index (κ1) is 16.1. The molecule has 0 aromatic heterocycles. The Morgan fingerprint density at radius 3 is 2.29 bits per heavy atom. The van der Waals surface area contributed by atoms with E-state index < -0.39 is 0 Å². The molecule has 0 aliphatic heterocycles. The molecular formula is C19H24ClN. The quantitative estimate of drug-likeness (QED) is 0.704. The molecule has 1 N–H and O–H groups in total. The minimum Gasteiger partial charge on any atom is -0.309 e. The Kier molecular flexibility index (Phi) is 6.28. The van der Waals surface area contributed by atoms with Crippen LogP contribution in [0.25, 0.3) is 0 Å². The average Bonchev–Trinajstić information content (AvgIpc) is 2.52. The molecule has 0 amide bonds. The Balaban J connectivity index is 2.33. The van der Waals surface area contributed by atoms with E-state index in [-0.39, 0.29) is 0 Å². The number of benzene rings is 2. The molecule has 0 saturated heterocycles. The van der Waals surface area contributed by atoms with Gasteiger partial charge in [0.1, 0.15) is 0 Å². The molecule has 2 heteroatoms. The number of hydrogen-bond acceptors (Lipinski definition) is 1. The minimum absolute atomic E-state index is 0.302. The van der Waals surface area contributed by atoms with E-state index >= 15 is 0 Å². The standard InChI is InChI=1S/C19H24ClN/c1-3-13-21-19(16-11-8-12-17(20)14-16)18(4-2)15-9-6-5-7-10-15/h5-12,14,18-19,21H,3-4,13H2,1-2H3. The Morgan fingerprint density at radius 1 is 0.952 bits per heavy atom. The van der Waals surface area contributed by atoms with Crippen LogP contribution in [-0.4, -0.2) is 6.54 Å². The maximum Gasteiger partial charge on any atom is 0.0409 e. The van der Waals surface area contributed by atoms with Gasteiger partial charge in [0.25, 0.3) is 0 Å². The largest absolute Gasteiger partial charge is 0.309 e. The molecule has 1 nitrogen and oxygen atoms in total. The molecule has 112 valence electrons. The lowest BCUT2D eigenvalue weighted by atomic mass is 9.85. The third kappa shape index (κ3) is 4.33. The summed E-state index contributed by atoms with van der Waals surface area (Å²) in [4.78, 5) is 0. The Labute approximate surface area is 133 Å². The molecule has 21 heavy (non-hydrogen) atoms. The van der Waals surface area contributed by atoms with Crippen LogP contribution in [0.4, 0.5) is 0 Å². The molecule has 2 aromatic rings. The van der Waals surface area contributed by atoms with Crippen molar-refractivity contribution < 1.29 is 0 Å². The molecule has 0 fully saturated rings. The maximum absolute atomic E-state index is 6.19. The van der Waals surface area contributed by atoms with E-state index in [1.807, 2.05) is 12.1 Å². The predicted octanol–water partition coefficient (Wildman–Crippen LogP) is 5.57. The zero-order chi connectivity index (χ0) is 15.1. The summed E-state index contributed by atoms with van der Waals surface area (Å²) in [7, 11) is 0. The summed E-state index contributed by atoms with van der Waals surface area (Å²) < 4.78 is 0. The summed E-state index contributed by atoms with van der Waals surface area (Å²) in [5.74, 6) is 0.455. The van der Waals surface area contributed by atoms with Crippen molar-refractivity contribution in [1.29, 1.82) is 0 Å². The Hall–Kier alpha value is -1.31. The molecule has 2 unspecified atom stereocenters. The number of hydrogen-bond donors (Lipinski definition) is 1. The lowest BCUT2D eigenvalue weighted by molar-refractivity contribution is 0.435. The molecule has 2 rings (SSSR count). The second-order valence-corrected chi connectivity index (χ2v) is 5.85. The highest BCUT2D eigenvalue weighted by molar-refractivity contribution is 6.30. The molecular weight excluding hydrogens is 278 g/mol. The molecule has 0 radical (unpaired) electrons. The molecule has 0 spiro atoms. The number of rotatable bonds is 7. The second kappa shape index (κ2) is 8.21. The molecule has 0 aliphatic rings. The van der Waals surface area contributed by atoms with Crippen molar-refractivity contribution >= 4 is 11.6 Å². The minimum atomic E-state index is 0.302. The van der Waals surface area contributed by atoms with Crippen molar-refractivity contribution in [2.45, 2.75) is 38.6 Å². The fourth-order valence-corrected chi connectivity index (χ4v) is 3.06. The average molecular weight is 302 g/mol. The molecule has 0 aliphatic carbocycles. The lowest BCUT2D eigenvalue weighted by Crippen LogP contribution is -2.27. The zero-order valence-electron chi connectivity index (χ0n) is 12.9. The maximum atomic E-state index is 6.19. The van der Waals surface area contributed by atoms with Crippen molar-refractivity contribution in [2.75, 3.05) is 6.54 Å². The van der Waals surface area contributed by atoms with Crippen LogP contribution in [0.5, 0.6) is 0 Å². The van der Waals surface area contributed by atoms with Crippen molar-refractivity contribution in [3.8, 4) is 0 Å². The fraction of sp³-hybridized carbons (Fsp3) is 0.368. The summed E-state index contributed by atoms with van der Waals surface area (Å²) in [6.07, 6.45) is 2.22. The monoisotopic (exact) mass is 301 g/mol. The highest BCUT2D eigenvalue weighted by atomic mass is 35.5. The summed E-state index contributed by atoms with van der Waals surface area (Å²) >= 11 is 6.19. The van der Waals surface area contributed by atoms with Gasteiger partial charge in [0, 0.05) is 17.0 Å². The van der Waals surface area contributed by atoms with E-state index in [2.05, 4.69) is 61.6 Å². The van der Waals surface area contributed by atoms with Gasteiger partial charge >= 0.3 is 0 Å². The van der Waals surface area contributed by atoms with E-state index in [1.165, 1.54) is 11.1 Å². The predicted molar refractivity (Wildman–Crippen MR) is 92.0 cm³/mol. The molecule has 0 saturated carbocycles. The Morgan fingerprint density at radius 2 is 1.67 bits per heavy atom. The van der Waals surface area contributed by atoms with Crippen LogP contribution < -0.4 is 5.32 Å². The topological polar surface area (TPSA) is 12.0 Å². The van der Waals surface area contributed by atoms with Gasteiger partial charge in [-0.25, -0.2) is 0 Å². The van der Waals surface area contributed by atoms with Gasteiger partial charge in [-0.05, 0) is 42.6 Å². The van der Waals surface area contributed by atoms with Crippen molar-refractivity contribution in [2.24, 2.45) is 0 Å². The highest BCUT2D eigenvalue weighted by Crippen LogP contribution is 2.34. The van der Waals surface area contributed by atoms with Gasteiger partial charge in [0.2, 0.25) is 0 Å². The highest BCUT2D eigenvalue weighted by Gasteiger charge is 2.22. The first-order valence-electron chi connectivity index (χ1n) is 7.80. The van der Waals surface area contributed by atoms with Gasteiger partial charge in [-0.15, -0.1) is 0 Å². The smallest absolute Gasteiger partial charge is 0.0409 e. The third-order valence-electron chi connectivity index (χ3n) is 3.89.